The van der Waals surface area contributed by atoms with E-state index in [9.17, 15) is 9.59 Å². The van der Waals surface area contributed by atoms with Crippen molar-refractivity contribution < 1.29 is 0 Å². The van der Waals surface area contributed by atoms with Gasteiger partial charge in [-0.3, -0.25) is 4.57 Å². The molecule has 0 aliphatic heterocycles. The van der Waals surface area contributed by atoms with Gasteiger partial charge in [-0.25, -0.2) is 14.2 Å². The normalized spacial score (nSPS) is 11.7. The Labute approximate surface area is 127 Å². The molecule has 0 atom stereocenters. The number of benzene rings is 1. The lowest BCUT2D eigenvalue weighted by molar-refractivity contribution is 0.343. The van der Waals surface area contributed by atoms with Gasteiger partial charge in [0.25, 0.3) is 0 Å². The fourth-order valence-corrected chi connectivity index (χ4v) is 2.24. The van der Waals surface area contributed by atoms with Gasteiger partial charge in [0.1, 0.15) is 5.82 Å². The molecule has 1 aromatic heterocycles. The summed E-state index contributed by atoms with van der Waals surface area (Å²) in [5.74, 6) is 0.403. The van der Waals surface area contributed by atoms with Crippen molar-refractivity contribution in [3.05, 3.63) is 61.6 Å². The van der Waals surface area contributed by atoms with Gasteiger partial charge in [-0.05, 0) is 45.4 Å². The number of hydrogen-bond donors (Lipinski definition) is 0. The molecule has 0 fully saturated rings. The van der Waals surface area contributed by atoms with Gasteiger partial charge in [0.2, 0.25) is 0 Å². The summed E-state index contributed by atoms with van der Waals surface area (Å²) in [4.78, 5) is 28.5. The van der Waals surface area contributed by atoms with Crippen LogP contribution in [0.3, 0.4) is 0 Å². The average Bonchev–Trinajstić information content (AvgIpc) is 2.34. The first-order valence-electron chi connectivity index (χ1n) is 6.65. The van der Waals surface area contributed by atoms with Crippen LogP contribution in [0.1, 0.15) is 32.2 Å². The van der Waals surface area contributed by atoms with E-state index in [1.165, 1.54) is 9.13 Å². The molecule has 6 heteroatoms. The average molecular weight is 308 g/mol. The van der Waals surface area contributed by atoms with E-state index in [1.807, 2.05) is 12.1 Å². The number of aryl methyl sites for hydroxylation is 1. The van der Waals surface area contributed by atoms with Crippen LogP contribution < -0.4 is 11.4 Å². The molecule has 1 aromatic carbocycles. The lowest BCUT2D eigenvalue weighted by Crippen LogP contribution is -2.49. The van der Waals surface area contributed by atoms with Gasteiger partial charge in [-0.15, -0.1) is 0 Å². The first-order chi connectivity index (χ1) is 9.70. The van der Waals surface area contributed by atoms with Crippen LogP contribution in [-0.4, -0.2) is 14.1 Å². The topological polar surface area (TPSA) is 56.9 Å². The molecule has 0 radical (unpaired) electrons. The third-order valence-electron chi connectivity index (χ3n) is 3.19. The second-order valence-corrected chi connectivity index (χ2v) is 6.38. The molecule has 0 unspecified atom stereocenters. The highest BCUT2D eigenvalue weighted by molar-refractivity contribution is 6.30. The molecule has 0 saturated carbocycles. The highest BCUT2D eigenvalue weighted by atomic mass is 35.5. The number of rotatable bonds is 2. The van der Waals surface area contributed by atoms with E-state index in [4.69, 9.17) is 11.6 Å². The summed E-state index contributed by atoms with van der Waals surface area (Å²) in [6.07, 6.45) is 0. The van der Waals surface area contributed by atoms with Crippen LogP contribution in [0, 0.1) is 6.92 Å². The molecular weight excluding hydrogens is 290 g/mol. The molecule has 0 aliphatic rings. The van der Waals surface area contributed by atoms with Crippen molar-refractivity contribution in [2.75, 3.05) is 0 Å². The van der Waals surface area contributed by atoms with E-state index in [1.54, 1.807) is 39.8 Å². The highest BCUT2D eigenvalue weighted by Crippen LogP contribution is 2.11. The molecule has 2 rings (SSSR count). The number of nitrogens with zero attached hydrogens (tertiary/aromatic N) is 3. The van der Waals surface area contributed by atoms with Crippen LogP contribution in [0.25, 0.3) is 0 Å². The summed E-state index contributed by atoms with van der Waals surface area (Å²) in [7, 11) is 0. The Hall–Kier alpha value is -1.88. The van der Waals surface area contributed by atoms with E-state index < -0.39 is 11.2 Å². The van der Waals surface area contributed by atoms with Crippen LogP contribution in [-0.2, 0) is 12.1 Å². The molecule has 0 aliphatic carbocycles. The lowest BCUT2D eigenvalue weighted by Gasteiger charge is -2.22. The van der Waals surface area contributed by atoms with E-state index >= 15 is 0 Å². The molecule has 112 valence electrons. The Morgan fingerprint density at radius 2 is 1.71 bits per heavy atom. The fraction of sp³-hybridized carbons (Fsp3) is 0.400. The lowest BCUT2D eigenvalue weighted by atomic mass is 10.1. The van der Waals surface area contributed by atoms with Crippen molar-refractivity contribution in [1.29, 1.82) is 0 Å². The molecule has 5 nitrogen and oxygen atoms in total. The van der Waals surface area contributed by atoms with Gasteiger partial charge < -0.3 is 0 Å². The fourth-order valence-electron chi connectivity index (χ4n) is 2.12. The van der Waals surface area contributed by atoms with Crippen LogP contribution in [0.15, 0.2) is 33.9 Å². The molecule has 0 spiro atoms. The predicted octanol–water partition coefficient (Wildman–Crippen LogP) is 2.17. The van der Waals surface area contributed by atoms with Gasteiger partial charge in [0.05, 0.1) is 6.54 Å². The second-order valence-electron chi connectivity index (χ2n) is 5.94. The van der Waals surface area contributed by atoms with Crippen molar-refractivity contribution in [2.45, 2.75) is 39.8 Å². The molecule has 0 N–H and O–H groups in total. The highest BCUT2D eigenvalue weighted by Gasteiger charge is 2.21. The second kappa shape index (κ2) is 5.48. The zero-order chi connectivity index (χ0) is 15.8. The standard InChI is InChI=1S/C15H18ClN3O2/c1-10-17-13(20)19(15(2,3)4)14(21)18(10)9-11-5-7-12(16)8-6-11/h5-8H,9H2,1-4H3. The van der Waals surface area contributed by atoms with Crippen LogP contribution in [0.4, 0.5) is 0 Å². The molecule has 0 saturated heterocycles. The molecule has 21 heavy (non-hydrogen) atoms. The minimum Gasteiger partial charge on any atom is -0.277 e. The maximum atomic E-state index is 12.6. The minimum atomic E-state index is -0.614. The van der Waals surface area contributed by atoms with Gasteiger partial charge in [-0.2, -0.15) is 4.98 Å². The Morgan fingerprint density at radius 3 is 2.24 bits per heavy atom. The zero-order valence-corrected chi connectivity index (χ0v) is 13.3. The summed E-state index contributed by atoms with van der Waals surface area (Å²) in [5.41, 5.74) is -0.561. The summed E-state index contributed by atoms with van der Waals surface area (Å²) in [6, 6.07) is 7.23. The van der Waals surface area contributed by atoms with E-state index in [-0.39, 0.29) is 5.69 Å². The van der Waals surface area contributed by atoms with Crippen LogP contribution in [0.2, 0.25) is 5.02 Å². The minimum absolute atomic E-state index is 0.352. The maximum absolute atomic E-state index is 12.6. The summed E-state index contributed by atoms with van der Waals surface area (Å²) < 4.78 is 2.67. The van der Waals surface area contributed by atoms with Crippen LogP contribution >= 0.6 is 11.6 Å². The Bertz CT molecular complexity index is 767. The van der Waals surface area contributed by atoms with Crippen molar-refractivity contribution in [3.63, 3.8) is 0 Å². The van der Waals surface area contributed by atoms with E-state index in [2.05, 4.69) is 4.98 Å². The van der Waals surface area contributed by atoms with Crippen molar-refractivity contribution in [3.8, 4) is 0 Å². The van der Waals surface area contributed by atoms with E-state index in [0.29, 0.717) is 17.4 Å². The van der Waals surface area contributed by atoms with Crippen molar-refractivity contribution >= 4 is 11.6 Å². The Kier molecular flexibility index (Phi) is 4.05. The number of aromatic nitrogens is 3. The van der Waals surface area contributed by atoms with E-state index in [0.717, 1.165) is 5.56 Å². The summed E-state index contributed by atoms with van der Waals surface area (Å²) in [6.45, 7) is 7.43. The molecule has 2 aromatic rings. The quantitative estimate of drug-likeness (QED) is 0.854. The Balaban J connectivity index is 2.57. The third-order valence-corrected chi connectivity index (χ3v) is 3.44. The summed E-state index contributed by atoms with van der Waals surface area (Å²) in [5, 5.41) is 0.639. The molecular formula is C15H18ClN3O2. The molecule has 1 heterocycles. The first-order valence-corrected chi connectivity index (χ1v) is 7.03. The largest absolute Gasteiger partial charge is 0.353 e. The zero-order valence-electron chi connectivity index (χ0n) is 12.6. The van der Waals surface area contributed by atoms with Crippen LogP contribution in [0.5, 0.6) is 0 Å². The number of hydrogen-bond acceptors (Lipinski definition) is 3. The Morgan fingerprint density at radius 1 is 1.14 bits per heavy atom. The van der Waals surface area contributed by atoms with Gasteiger partial charge in [0, 0.05) is 10.6 Å². The smallest absolute Gasteiger partial charge is 0.277 e. The maximum Gasteiger partial charge on any atom is 0.353 e. The third kappa shape index (κ3) is 3.24. The monoisotopic (exact) mass is 307 g/mol. The van der Waals surface area contributed by atoms with Gasteiger partial charge in [-0.1, -0.05) is 23.7 Å². The number of halogens is 1. The summed E-state index contributed by atoms with van der Waals surface area (Å²) >= 11 is 5.86. The van der Waals surface area contributed by atoms with Gasteiger partial charge in [0.15, 0.2) is 0 Å². The SMILES string of the molecule is Cc1nc(=O)n(C(C)(C)C)c(=O)n1Cc1ccc(Cl)cc1. The van der Waals surface area contributed by atoms with Gasteiger partial charge >= 0.3 is 11.4 Å². The van der Waals surface area contributed by atoms with Crippen molar-refractivity contribution in [2.24, 2.45) is 0 Å². The molecule has 0 bridgehead atoms. The first kappa shape index (κ1) is 15.5. The predicted molar refractivity (Wildman–Crippen MR) is 83.0 cm³/mol. The molecule has 0 amide bonds. The van der Waals surface area contributed by atoms with Crippen molar-refractivity contribution in [1.82, 2.24) is 14.1 Å².